The molecule has 2 aromatic rings. The lowest BCUT2D eigenvalue weighted by Crippen LogP contribution is -2.42. The predicted octanol–water partition coefficient (Wildman–Crippen LogP) is 2.24. The van der Waals surface area contributed by atoms with Crippen LogP contribution in [-0.2, 0) is 17.6 Å². The number of nitrogens with two attached hydrogens (primary N) is 1. The lowest BCUT2D eigenvalue weighted by molar-refractivity contribution is -0.491. The van der Waals surface area contributed by atoms with Crippen molar-refractivity contribution in [2.24, 2.45) is 5.84 Å². The van der Waals surface area contributed by atoms with E-state index in [9.17, 15) is 0 Å². The Hall–Kier alpha value is -2.04. The van der Waals surface area contributed by atoms with Crippen molar-refractivity contribution < 1.29 is 9.77 Å². The molecule has 1 aromatic heterocycles. The number of hydrogen-bond donors (Lipinski definition) is 3. The van der Waals surface area contributed by atoms with Crippen LogP contribution >= 0.6 is 22.9 Å². The number of halogens is 1. The molecule has 2 heterocycles. The molecule has 2 aliphatic rings. The zero-order valence-electron chi connectivity index (χ0n) is 13.8. The topological polar surface area (TPSA) is 115 Å². The molecule has 0 atom stereocenters. The van der Waals surface area contributed by atoms with Gasteiger partial charge in [0.1, 0.15) is 0 Å². The van der Waals surface area contributed by atoms with Crippen molar-refractivity contribution in [3.05, 3.63) is 66.6 Å². The van der Waals surface area contributed by atoms with Crippen LogP contribution in [0, 0.1) is 10.1 Å². The second kappa shape index (κ2) is 8.56. The van der Waals surface area contributed by atoms with Gasteiger partial charge in [0.15, 0.2) is 9.50 Å². The Morgan fingerprint density at radius 2 is 2.15 bits per heavy atom. The average molecular weight is 396 g/mol. The van der Waals surface area contributed by atoms with E-state index in [-0.39, 0.29) is 6.17 Å². The molecule has 0 amide bonds. The monoisotopic (exact) mass is 395 g/mol. The minimum atomic E-state index is -1.00. The molecule has 1 aliphatic carbocycles. The number of rotatable bonds is 3. The van der Waals surface area contributed by atoms with Crippen molar-refractivity contribution in [1.29, 1.82) is 0 Å². The Kier molecular flexibility index (Phi) is 6.17. The summed E-state index contributed by atoms with van der Waals surface area (Å²) in [7, 11) is 0. The summed E-state index contributed by atoms with van der Waals surface area (Å²) in [5, 5.41) is 14.2. The van der Waals surface area contributed by atoms with Gasteiger partial charge < -0.3 is 4.74 Å². The van der Waals surface area contributed by atoms with Crippen molar-refractivity contribution in [3.8, 4) is 0 Å². The number of hydrogen-bond acceptors (Lipinski definition) is 7. The molecule has 4 rings (SSSR count). The first kappa shape index (κ1) is 18.7. The van der Waals surface area contributed by atoms with Gasteiger partial charge >= 0.3 is 0 Å². The van der Waals surface area contributed by atoms with Crippen LogP contribution in [0.1, 0.15) is 27.7 Å². The number of aromatic nitrogens is 1. The van der Waals surface area contributed by atoms with Crippen LogP contribution in [0.25, 0.3) is 5.57 Å². The van der Waals surface area contributed by atoms with Crippen LogP contribution in [0.5, 0.6) is 0 Å². The smallest absolute Gasteiger partial charge is 0.183 e. The quantitative estimate of drug-likeness (QED) is 0.414. The van der Waals surface area contributed by atoms with Gasteiger partial charge in [-0.2, -0.15) is 5.84 Å². The van der Waals surface area contributed by atoms with E-state index in [1.807, 2.05) is 6.20 Å². The SMILES string of the molecule is Clc1ncc(CC2=CCc3ccc(C4NCOCN4)cc32)s1.N[N+](=O)[O-]. The molecule has 1 saturated heterocycles. The van der Waals surface area contributed by atoms with E-state index in [2.05, 4.69) is 45.7 Å². The third kappa shape index (κ3) is 4.77. The maximum atomic E-state index is 8.58. The van der Waals surface area contributed by atoms with E-state index in [0.717, 1.165) is 12.8 Å². The van der Waals surface area contributed by atoms with E-state index in [1.165, 1.54) is 27.1 Å². The standard InChI is InChI=1S/C16H16ClN3OS.H2N2O2/c17-16-18-7-13(22-16)5-11-3-1-10-2-4-12(6-14(10)11)15-19-8-21-9-20-15;1-2(3)4/h2-4,6-7,15,19-20H,1,5,8-9H2;1H2. The highest BCUT2D eigenvalue weighted by Gasteiger charge is 2.19. The molecular formula is C16H18ClN5O3S. The molecule has 26 heavy (non-hydrogen) atoms. The number of nitro groups is 1. The third-order valence-electron chi connectivity index (χ3n) is 4.05. The van der Waals surface area contributed by atoms with Gasteiger partial charge in [0.05, 0.1) is 19.6 Å². The number of hydrazine groups is 1. The van der Waals surface area contributed by atoms with Crippen molar-refractivity contribution in [3.63, 3.8) is 0 Å². The summed E-state index contributed by atoms with van der Waals surface area (Å²) in [6.07, 6.45) is 6.24. The highest BCUT2D eigenvalue weighted by Crippen LogP contribution is 2.33. The largest absolute Gasteiger partial charge is 0.351 e. The Bertz CT molecular complexity index is 816. The van der Waals surface area contributed by atoms with Gasteiger partial charge in [-0.1, -0.05) is 29.8 Å². The summed E-state index contributed by atoms with van der Waals surface area (Å²) in [4.78, 5) is 13.9. The Morgan fingerprint density at radius 3 is 2.81 bits per heavy atom. The minimum Gasteiger partial charge on any atom is -0.351 e. The fourth-order valence-corrected chi connectivity index (χ4v) is 3.96. The maximum Gasteiger partial charge on any atom is 0.183 e. The maximum absolute atomic E-state index is 8.58. The molecule has 8 nitrogen and oxygen atoms in total. The van der Waals surface area contributed by atoms with Crippen LogP contribution < -0.4 is 16.5 Å². The summed E-state index contributed by atoms with van der Waals surface area (Å²) in [6.45, 7) is 1.16. The molecule has 138 valence electrons. The molecule has 0 radical (unpaired) electrons. The van der Waals surface area contributed by atoms with Crippen LogP contribution in [0.3, 0.4) is 0 Å². The first-order valence-corrected chi connectivity index (χ1v) is 9.08. The van der Waals surface area contributed by atoms with Crippen LogP contribution in [0.2, 0.25) is 4.47 Å². The summed E-state index contributed by atoms with van der Waals surface area (Å²) < 4.78 is 5.87. The van der Waals surface area contributed by atoms with Gasteiger partial charge in [0.2, 0.25) is 0 Å². The summed E-state index contributed by atoms with van der Waals surface area (Å²) in [5.41, 5.74) is 5.35. The number of nitrogens with one attached hydrogen (secondary N) is 2. The fraction of sp³-hybridized carbons (Fsp3) is 0.312. The van der Waals surface area contributed by atoms with Gasteiger partial charge in [0.25, 0.3) is 0 Å². The minimum absolute atomic E-state index is 0.152. The number of fused-ring (bicyclic) bond motifs is 1. The van der Waals surface area contributed by atoms with E-state index < -0.39 is 5.03 Å². The van der Waals surface area contributed by atoms with Crippen molar-refractivity contribution >= 4 is 28.5 Å². The second-order valence-electron chi connectivity index (χ2n) is 5.73. The van der Waals surface area contributed by atoms with E-state index in [1.54, 1.807) is 11.3 Å². The van der Waals surface area contributed by atoms with Crippen molar-refractivity contribution in [2.45, 2.75) is 19.0 Å². The summed E-state index contributed by atoms with van der Waals surface area (Å²) in [5.74, 6) is 3.83. The Balaban J connectivity index is 0.000000447. The number of thiazole rings is 1. The lowest BCUT2D eigenvalue weighted by atomic mass is 9.99. The summed E-state index contributed by atoms with van der Waals surface area (Å²) >= 11 is 7.49. The molecular weight excluding hydrogens is 378 g/mol. The lowest BCUT2D eigenvalue weighted by Gasteiger charge is -2.26. The van der Waals surface area contributed by atoms with E-state index in [0.29, 0.717) is 17.9 Å². The number of nitrogens with zero attached hydrogens (tertiary/aromatic N) is 2. The molecule has 10 heteroatoms. The third-order valence-corrected chi connectivity index (χ3v) is 5.17. The van der Waals surface area contributed by atoms with Gasteiger partial charge in [0, 0.05) is 17.5 Å². The first-order valence-electron chi connectivity index (χ1n) is 7.89. The van der Waals surface area contributed by atoms with Crippen LogP contribution in [-0.4, -0.2) is 23.5 Å². The molecule has 0 bridgehead atoms. The molecule has 0 saturated carbocycles. The van der Waals surface area contributed by atoms with Crippen LogP contribution in [0.15, 0.2) is 30.5 Å². The first-order chi connectivity index (χ1) is 12.5. The number of benzene rings is 1. The van der Waals surface area contributed by atoms with Gasteiger partial charge in [-0.05, 0) is 34.8 Å². The van der Waals surface area contributed by atoms with E-state index >= 15 is 0 Å². The van der Waals surface area contributed by atoms with Gasteiger partial charge in [-0.15, -0.1) is 11.3 Å². The number of allylic oxidation sites excluding steroid dienone is 2. The molecule has 1 fully saturated rings. The fourth-order valence-electron chi connectivity index (χ4n) is 2.96. The van der Waals surface area contributed by atoms with Gasteiger partial charge in [-0.3, -0.25) is 10.6 Å². The van der Waals surface area contributed by atoms with Crippen LogP contribution in [0.4, 0.5) is 0 Å². The molecule has 0 unspecified atom stereocenters. The van der Waals surface area contributed by atoms with Crippen molar-refractivity contribution in [2.75, 3.05) is 13.5 Å². The Labute approximate surface area is 159 Å². The number of ether oxygens (including phenoxy) is 1. The molecule has 1 aromatic carbocycles. The van der Waals surface area contributed by atoms with Gasteiger partial charge in [-0.25, -0.2) is 15.1 Å². The zero-order valence-corrected chi connectivity index (χ0v) is 15.3. The normalized spacial score (nSPS) is 16.4. The molecule has 0 spiro atoms. The average Bonchev–Trinajstić information content (AvgIpc) is 3.21. The zero-order chi connectivity index (χ0) is 18.5. The Morgan fingerprint density at radius 1 is 1.42 bits per heavy atom. The predicted molar refractivity (Wildman–Crippen MR) is 100.0 cm³/mol. The summed E-state index contributed by atoms with van der Waals surface area (Å²) in [6, 6.07) is 6.70. The van der Waals surface area contributed by atoms with Crippen molar-refractivity contribution in [1.82, 2.24) is 15.6 Å². The molecule has 4 N–H and O–H groups in total. The highest BCUT2D eigenvalue weighted by molar-refractivity contribution is 7.15. The second-order valence-corrected chi connectivity index (χ2v) is 7.42. The molecule has 1 aliphatic heterocycles. The highest BCUT2D eigenvalue weighted by atomic mass is 35.5. The van der Waals surface area contributed by atoms with E-state index in [4.69, 9.17) is 26.5 Å².